The summed E-state index contributed by atoms with van der Waals surface area (Å²) in [5.74, 6) is -0.576. The van der Waals surface area contributed by atoms with Gasteiger partial charge in [-0.1, -0.05) is 85.1 Å². The third kappa shape index (κ3) is 12.9. The molecule has 0 aromatic heterocycles. The van der Waals surface area contributed by atoms with Gasteiger partial charge in [0.05, 0.1) is 13.2 Å². The van der Waals surface area contributed by atoms with E-state index in [2.05, 4.69) is 6.92 Å². The second-order valence-corrected chi connectivity index (χ2v) is 9.97. The Labute approximate surface area is 247 Å². The fraction of sp³-hybridized carbons (Fsp3) is 0.375. The number of morpholine rings is 1. The van der Waals surface area contributed by atoms with Crippen LogP contribution in [0.3, 0.4) is 0 Å². The number of benzene rings is 3. The molecule has 5 nitrogen and oxygen atoms in total. The van der Waals surface area contributed by atoms with Gasteiger partial charge in [-0.2, -0.15) is 0 Å². The summed E-state index contributed by atoms with van der Waals surface area (Å²) < 4.78 is 23.7. The van der Waals surface area contributed by atoms with Crippen LogP contribution in [0.15, 0.2) is 84.9 Å². The maximum Gasteiger partial charge on any atom is 0.305 e. The molecular formula is C32H38Cl2FNO4. The van der Waals surface area contributed by atoms with Crippen molar-refractivity contribution in [3.8, 4) is 0 Å². The molecule has 0 spiro atoms. The summed E-state index contributed by atoms with van der Waals surface area (Å²) in [5, 5.41) is 1.59. The molecule has 3 aromatic carbocycles. The first-order chi connectivity index (χ1) is 19.3. The zero-order valence-corrected chi connectivity index (χ0v) is 24.6. The van der Waals surface area contributed by atoms with Crippen molar-refractivity contribution in [3.63, 3.8) is 0 Å². The van der Waals surface area contributed by atoms with Crippen LogP contribution >= 0.6 is 23.2 Å². The van der Waals surface area contributed by atoms with Crippen LogP contribution in [0.1, 0.15) is 45.1 Å². The molecular weight excluding hydrogens is 552 g/mol. The van der Waals surface area contributed by atoms with Gasteiger partial charge >= 0.3 is 5.97 Å². The molecule has 1 aliphatic heterocycles. The maximum atomic E-state index is 13.1. The number of ether oxygens (including phenoxy) is 2. The van der Waals surface area contributed by atoms with Gasteiger partial charge < -0.3 is 14.4 Å². The van der Waals surface area contributed by atoms with Gasteiger partial charge in [0, 0.05) is 35.5 Å². The number of hydrogen-bond acceptors (Lipinski definition) is 4. The molecule has 1 fully saturated rings. The lowest BCUT2D eigenvalue weighted by Gasteiger charge is -2.38. The predicted octanol–water partition coefficient (Wildman–Crippen LogP) is 7.79. The van der Waals surface area contributed by atoms with Crippen LogP contribution in [-0.4, -0.2) is 48.7 Å². The van der Waals surface area contributed by atoms with Gasteiger partial charge in [0.25, 0.3) is 5.91 Å². The van der Waals surface area contributed by atoms with Crippen LogP contribution in [0.5, 0.6) is 0 Å². The SMILES string of the molecule is CCCC(CCC(=O)OCC)N1CCOC(Cc2ccc(F)cc2)C1=O.Clc1ccccc1.Clc1ccccc1. The number of esters is 1. The van der Waals surface area contributed by atoms with E-state index in [1.807, 2.05) is 65.6 Å². The van der Waals surface area contributed by atoms with Crippen LogP contribution < -0.4 is 0 Å². The quantitative estimate of drug-likeness (QED) is 0.239. The minimum atomic E-state index is -0.559. The van der Waals surface area contributed by atoms with Gasteiger partial charge in [-0.05, 0) is 61.7 Å². The summed E-state index contributed by atoms with van der Waals surface area (Å²) in [6.07, 6.45) is 2.55. The Morgan fingerprint density at radius 2 is 1.52 bits per heavy atom. The number of amides is 1. The minimum Gasteiger partial charge on any atom is -0.466 e. The highest BCUT2D eigenvalue weighted by Gasteiger charge is 2.33. The molecule has 2 atom stereocenters. The van der Waals surface area contributed by atoms with E-state index < -0.39 is 6.10 Å². The molecule has 4 rings (SSSR count). The Morgan fingerprint density at radius 1 is 0.950 bits per heavy atom. The second-order valence-electron chi connectivity index (χ2n) is 9.10. The van der Waals surface area contributed by atoms with Crippen molar-refractivity contribution in [1.29, 1.82) is 0 Å². The Bertz CT molecular complexity index is 1080. The summed E-state index contributed by atoms with van der Waals surface area (Å²) in [6, 6.07) is 25.0. The Hall–Kier alpha value is -2.93. The van der Waals surface area contributed by atoms with Crippen molar-refractivity contribution in [1.82, 2.24) is 4.90 Å². The summed E-state index contributed by atoms with van der Waals surface area (Å²) in [6.45, 7) is 5.22. The smallest absolute Gasteiger partial charge is 0.305 e. The molecule has 1 saturated heterocycles. The van der Waals surface area contributed by atoms with Crippen molar-refractivity contribution >= 4 is 35.1 Å². The fourth-order valence-corrected chi connectivity index (χ4v) is 4.43. The molecule has 0 bridgehead atoms. The molecule has 0 saturated carbocycles. The van der Waals surface area contributed by atoms with E-state index in [0.29, 0.717) is 39.0 Å². The maximum absolute atomic E-state index is 13.1. The van der Waals surface area contributed by atoms with Crippen LogP contribution in [0, 0.1) is 5.82 Å². The number of carbonyl (C=O) groups excluding carboxylic acids is 2. The Morgan fingerprint density at radius 3 is 2.00 bits per heavy atom. The molecule has 0 aliphatic carbocycles. The highest BCUT2D eigenvalue weighted by atomic mass is 35.5. The number of rotatable bonds is 9. The van der Waals surface area contributed by atoms with Crippen molar-refractivity contribution in [2.24, 2.45) is 0 Å². The topological polar surface area (TPSA) is 55.8 Å². The van der Waals surface area contributed by atoms with Crippen LogP contribution in [0.25, 0.3) is 0 Å². The lowest BCUT2D eigenvalue weighted by atomic mass is 10.0. The standard InChI is InChI=1S/C20H28FNO4.2C6H5Cl/c1-3-5-17(10-11-19(23)25-4-2)22-12-13-26-18(20(22)24)14-15-6-8-16(21)9-7-15;2*7-6-4-2-1-3-5-6/h6-9,17-18H,3-5,10-14H2,1-2H3;2*1-5H. The molecule has 0 radical (unpaired) electrons. The lowest BCUT2D eigenvalue weighted by Crippen LogP contribution is -2.53. The average Bonchev–Trinajstić information content (AvgIpc) is 2.95. The second kappa shape index (κ2) is 19.2. The van der Waals surface area contributed by atoms with Crippen molar-refractivity contribution in [3.05, 3.63) is 106 Å². The van der Waals surface area contributed by atoms with Crippen molar-refractivity contribution < 1.29 is 23.5 Å². The number of halogens is 3. The van der Waals surface area contributed by atoms with Crippen molar-refractivity contribution in [2.45, 2.75) is 58.1 Å². The zero-order valence-electron chi connectivity index (χ0n) is 23.1. The molecule has 1 heterocycles. The first-order valence-corrected chi connectivity index (χ1v) is 14.3. The first-order valence-electron chi connectivity index (χ1n) is 13.6. The van der Waals surface area contributed by atoms with Crippen LogP contribution in [-0.2, 0) is 25.5 Å². The molecule has 1 amide bonds. The first kappa shape index (κ1) is 33.3. The number of nitrogens with zero attached hydrogens (tertiary/aromatic N) is 1. The molecule has 3 aromatic rings. The number of hydrogen-bond donors (Lipinski definition) is 0. The Balaban J connectivity index is 0.000000322. The summed E-state index contributed by atoms with van der Waals surface area (Å²) in [7, 11) is 0. The van der Waals surface area contributed by atoms with Gasteiger partial charge in [-0.25, -0.2) is 4.39 Å². The van der Waals surface area contributed by atoms with Gasteiger partial charge in [-0.3, -0.25) is 9.59 Å². The molecule has 8 heteroatoms. The summed E-state index contributed by atoms with van der Waals surface area (Å²) in [4.78, 5) is 26.4. The predicted molar refractivity (Wildman–Crippen MR) is 159 cm³/mol. The average molecular weight is 591 g/mol. The largest absolute Gasteiger partial charge is 0.466 e. The fourth-order valence-electron chi connectivity index (χ4n) is 4.14. The third-order valence-corrected chi connectivity index (χ3v) is 6.56. The van der Waals surface area contributed by atoms with E-state index in [-0.39, 0.29) is 23.7 Å². The van der Waals surface area contributed by atoms with Crippen molar-refractivity contribution in [2.75, 3.05) is 19.8 Å². The van der Waals surface area contributed by atoms with E-state index >= 15 is 0 Å². The highest BCUT2D eigenvalue weighted by molar-refractivity contribution is 6.30. The van der Waals surface area contributed by atoms with Gasteiger partial charge in [0.15, 0.2) is 0 Å². The summed E-state index contributed by atoms with van der Waals surface area (Å²) in [5.41, 5.74) is 0.866. The molecule has 0 N–H and O–H groups in total. The molecule has 40 heavy (non-hydrogen) atoms. The minimum absolute atomic E-state index is 0.0107. The number of carbonyl (C=O) groups is 2. The molecule has 216 valence electrons. The van der Waals surface area contributed by atoms with E-state index in [4.69, 9.17) is 32.7 Å². The van der Waals surface area contributed by atoms with E-state index in [1.54, 1.807) is 19.1 Å². The van der Waals surface area contributed by atoms with E-state index in [0.717, 1.165) is 28.5 Å². The van der Waals surface area contributed by atoms with Gasteiger partial charge in [-0.15, -0.1) is 0 Å². The van der Waals surface area contributed by atoms with Crippen LogP contribution in [0.2, 0.25) is 10.0 Å². The highest BCUT2D eigenvalue weighted by Crippen LogP contribution is 2.21. The normalized spacial score (nSPS) is 15.2. The molecule has 2 unspecified atom stereocenters. The van der Waals surface area contributed by atoms with E-state index in [9.17, 15) is 14.0 Å². The molecule has 1 aliphatic rings. The van der Waals surface area contributed by atoms with Crippen LogP contribution in [0.4, 0.5) is 4.39 Å². The monoisotopic (exact) mass is 589 g/mol. The van der Waals surface area contributed by atoms with Gasteiger partial charge in [0.2, 0.25) is 0 Å². The zero-order chi connectivity index (χ0) is 29.2. The third-order valence-electron chi connectivity index (χ3n) is 6.06. The van der Waals surface area contributed by atoms with Gasteiger partial charge in [0.1, 0.15) is 11.9 Å². The van der Waals surface area contributed by atoms with E-state index in [1.165, 1.54) is 12.1 Å². The summed E-state index contributed by atoms with van der Waals surface area (Å²) >= 11 is 11.1. The Kier molecular flexibility index (Phi) is 16.0. The lowest BCUT2D eigenvalue weighted by molar-refractivity contribution is -0.157.